The lowest BCUT2D eigenvalue weighted by atomic mass is 10.0. The Balaban J connectivity index is 0.00000684. The van der Waals surface area contributed by atoms with Crippen molar-refractivity contribution in [1.82, 2.24) is 4.90 Å². The van der Waals surface area contributed by atoms with Crippen molar-refractivity contribution >= 4 is 11.9 Å². The molecule has 2 heterocycles. The molecule has 1 atom stereocenters. The summed E-state index contributed by atoms with van der Waals surface area (Å²) < 4.78 is 6.97. The van der Waals surface area contributed by atoms with Crippen molar-refractivity contribution in [3.05, 3.63) is 0 Å². The van der Waals surface area contributed by atoms with E-state index in [9.17, 15) is 9.59 Å². The molecule has 6 heteroatoms. The maximum Gasteiger partial charge on any atom is 0.306 e. The van der Waals surface area contributed by atoms with Crippen LogP contribution in [0.1, 0.15) is 142 Å². The van der Waals surface area contributed by atoms with Crippen molar-refractivity contribution in [3.8, 4) is 0 Å². The third-order valence-electron chi connectivity index (χ3n) is 8.42. The van der Waals surface area contributed by atoms with Crippen molar-refractivity contribution in [1.29, 1.82) is 0 Å². The Morgan fingerprint density at radius 1 is 0.811 bits per heavy atom. The summed E-state index contributed by atoms with van der Waals surface area (Å²) in [7, 11) is 2.29. The number of nitrogens with zero attached hydrogens (tertiary/aromatic N) is 2. The van der Waals surface area contributed by atoms with Gasteiger partial charge in [0.05, 0.1) is 26.7 Å². The van der Waals surface area contributed by atoms with Gasteiger partial charge < -0.3 is 38.1 Å². The molecule has 1 amide bonds. The molecule has 2 saturated heterocycles. The first kappa shape index (κ1) is 34.7. The number of hydrogen-bond acceptors (Lipinski definition) is 3. The monoisotopic (exact) mass is 634 g/mol. The van der Waals surface area contributed by atoms with E-state index in [4.69, 9.17) is 4.74 Å². The topological polar surface area (TPSA) is 46.6 Å². The normalized spacial score (nSPS) is 18.0. The van der Waals surface area contributed by atoms with Crippen molar-refractivity contribution in [2.45, 2.75) is 148 Å². The Bertz CT molecular complexity index is 595. The van der Waals surface area contributed by atoms with Gasteiger partial charge in [-0.2, -0.15) is 0 Å². The minimum atomic E-state index is -0.168. The first-order chi connectivity index (χ1) is 17.5. The second-order valence-corrected chi connectivity index (χ2v) is 12.1. The molecule has 0 aromatic carbocycles. The van der Waals surface area contributed by atoms with Gasteiger partial charge in [0.2, 0.25) is 5.91 Å². The highest BCUT2D eigenvalue weighted by Gasteiger charge is 2.33. The van der Waals surface area contributed by atoms with Gasteiger partial charge in [0.15, 0.2) is 6.10 Å². The van der Waals surface area contributed by atoms with E-state index in [1.54, 1.807) is 0 Å². The summed E-state index contributed by atoms with van der Waals surface area (Å²) in [5.74, 6) is 0.157. The van der Waals surface area contributed by atoms with Crippen LogP contribution in [-0.2, 0) is 14.3 Å². The fourth-order valence-electron chi connectivity index (χ4n) is 6.11. The third-order valence-corrected chi connectivity index (χ3v) is 8.42. The summed E-state index contributed by atoms with van der Waals surface area (Å²) >= 11 is 0. The van der Waals surface area contributed by atoms with Crippen LogP contribution in [0.4, 0.5) is 0 Å². The van der Waals surface area contributed by atoms with Gasteiger partial charge in [-0.15, -0.1) is 0 Å². The molecule has 2 aliphatic rings. The van der Waals surface area contributed by atoms with E-state index in [1.165, 1.54) is 103 Å². The number of rotatable bonds is 21. The third kappa shape index (κ3) is 16.4. The number of amides is 1. The van der Waals surface area contributed by atoms with Gasteiger partial charge in [-0.3, -0.25) is 9.59 Å². The number of ether oxygens (including phenoxy) is 1. The number of carbonyl (C=O) groups is 2. The first-order valence-electron chi connectivity index (χ1n) is 15.8. The molecule has 0 radical (unpaired) electrons. The van der Waals surface area contributed by atoms with Crippen LogP contribution in [0.15, 0.2) is 0 Å². The summed E-state index contributed by atoms with van der Waals surface area (Å²) in [5, 5.41) is 0. The van der Waals surface area contributed by atoms with Gasteiger partial charge >= 0.3 is 5.97 Å². The van der Waals surface area contributed by atoms with E-state index in [1.807, 2.05) is 4.90 Å². The fraction of sp³-hybridized carbons (Fsp3) is 0.935. The number of likely N-dealkylation sites (tertiary alicyclic amines) is 2. The van der Waals surface area contributed by atoms with Crippen LogP contribution < -0.4 is 24.0 Å². The SMILES string of the molecule is CCCCCCCCCCCCCCCCCC(=O)OC(CN1CCCC1=O)C[N+]1(C)CCCCC1.[I-]. The van der Waals surface area contributed by atoms with E-state index in [-0.39, 0.29) is 42.0 Å². The fourth-order valence-corrected chi connectivity index (χ4v) is 6.11. The second-order valence-electron chi connectivity index (χ2n) is 12.1. The number of hydrogen-bond donors (Lipinski definition) is 0. The number of likely N-dealkylation sites (N-methyl/N-ethyl adjacent to an activating group) is 1. The summed E-state index contributed by atoms with van der Waals surface area (Å²) in [4.78, 5) is 26.8. The minimum absolute atomic E-state index is 0. The molecule has 0 aromatic rings. The lowest BCUT2D eigenvalue weighted by Crippen LogP contribution is -3.00. The number of carbonyl (C=O) groups excluding carboxylic acids is 2. The van der Waals surface area contributed by atoms with Crippen LogP contribution in [0.5, 0.6) is 0 Å². The van der Waals surface area contributed by atoms with Gasteiger partial charge in [-0.1, -0.05) is 96.8 Å². The molecule has 1 unspecified atom stereocenters. The molecule has 0 spiro atoms. The molecule has 0 bridgehead atoms. The Morgan fingerprint density at radius 2 is 1.32 bits per heavy atom. The average molecular weight is 635 g/mol. The quantitative estimate of drug-likeness (QED) is 0.0814. The smallest absolute Gasteiger partial charge is 0.306 e. The van der Waals surface area contributed by atoms with Gasteiger partial charge in [0.1, 0.15) is 6.54 Å². The highest BCUT2D eigenvalue weighted by atomic mass is 127. The van der Waals surface area contributed by atoms with Gasteiger partial charge in [-0.05, 0) is 32.1 Å². The summed E-state index contributed by atoms with van der Waals surface area (Å²) in [6.07, 6.45) is 25.7. The molecule has 2 fully saturated rings. The molecule has 37 heavy (non-hydrogen) atoms. The summed E-state index contributed by atoms with van der Waals surface area (Å²) in [5.41, 5.74) is 0. The average Bonchev–Trinajstić information content (AvgIpc) is 3.25. The Morgan fingerprint density at radius 3 is 1.81 bits per heavy atom. The second kappa shape index (κ2) is 21.5. The van der Waals surface area contributed by atoms with E-state index >= 15 is 0 Å². The van der Waals surface area contributed by atoms with Gasteiger partial charge in [-0.25, -0.2) is 0 Å². The Kier molecular flexibility index (Phi) is 20.1. The van der Waals surface area contributed by atoms with Crippen LogP contribution >= 0.6 is 0 Å². The zero-order valence-corrected chi connectivity index (χ0v) is 26.6. The van der Waals surface area contributed by atoms with Crippen LogP contribution in [0.25, 0.3) is 0 Å². The number of esters is 1. The van der Waals surface area contributed by atoms with Gasteiger partial charge in [0.25, 0.3) is 0 Å². The predicted molar refractivity (Wildman–Crippen MR) is 150 cm³/mol. The molecule has 2 rings (SSSR count). The number of quaternary nitrogens is 1. The van der Waals surface area contributed by atoms with E-state index in [0.29, 0.717) is 19.4 Å². The molecule has 0 aromatic heterocycles. The van der Waals surface area contributed by atoms with Crippen molar-refractivity contribution in [2.24, 2.45) is 0 Å². The predicted octanol–water partition coefficient (Wildman–Crippen LogP) is 4.42. The number of piperidine rings is 1. The van der Waals surface area contributed by atoms with E-state index in [0.717, 1.165) is 49.9 Å². The van der Waals surface area contributed by atoms with E-state index < -0.39 is 0 Å². The standard InChI is InChI=1S/C31H59N2O3.HI/c1-3-4-5-6-7-8-9-10-11-12-13-14-15-16-18-23-31(35)36-29(27-32-24-21-22-30(32)34)28-33(2)25-19-17-20-26-33;/h29H,3-28H2,1-2H3;1H/q+1;/p-1. The van der Waals surface area contributed by atoms with Crippen molar-refractivity contribution in [3.63, 3.8) is 0 Å². The highest BCUT2D eigenvalue weighted by Crippen LogP contribution is 2.20. The molecule has 0 N–H and O–H groups in total. The molecule has 0 aliphatic carbocycles. The molecule has 218 valence electrons. The number of halogens is 1. The zero-order chi connectivity index (χ0) is 25.9. The summed E-state index contributed by atoms with van der Waals surface area (Å²) in [6.45, 7) is 6.83. The zero-order valence-electron chi connectivity index (χ0n) is 24.5. The maximum atomic E-state index is 12.7. The number of unbranched alkanes of at least 4 members (excludes halogenated alkanes) is 14. The first-order valence-corrected chi connectivity index (χ1v) is 15.8. The van der Waals surface area contributed by atoms with Crippen molar-refractivity contribution in [2.75, 3.05) is 39.8 Å². The molecular weight excluding hydrogens is 575 g/mol. The molecule has 5 nitrogen and oxygen atoms in total. The van der Waals surface area contributed by atoms with Crippen LogP contribution in [0.3, 0.4) is 0 Å². The summed E-state index contributed by atoms with van der Waals surface area (Å²) in [6, 6.07) is 0. The Hall–Kier alpha value is -0.370. The molecule has 2 aliphatic heterocycles. The van der Waals surface area contributed by atoms with Crippen LogP contribution in [0, 0.1) is 0 Å². The Labute approximate surface area is 246 Å². The highest BCUT2D eigenvalue weighted by molar-refractivity contribution is 5.78. The molecular formula is C31H59IN2O3. The maximum absolute atomic E-state index is 12.7. The molecule has 0 saturated carbocycles. The largest absolute Gasteiger partial charge is 1.00 e. The van der Waals surface area contributed by atoms with Crippen LogP contribution in [-0.4, -0.2) is 67.1 Å². The minimum Gasteiger partial charge on any atom is -1.00 e. The van der Waals surface area contributed by atoms with E-state index in [2.05, 4.69) is 14.0 Å². The lowest BCUT2D eigenvalue weighted by molar-refractivity contribution is -0.916. The van der Waals surface area contributed by atoms with Gasteiger partial charge in [0, 0.05) is 19.4 Å². The lowest BCUT2D eigenvalue weighted by Gasteiger charge is -2.40. The van der Waals surface area contributed by atoms with Crippen LogP contribution in [0.2, 0.25) is 0 Å². The van der Waals surface area contributed by atoms with Crippen molar-refractivity contribution < 1.29 is 42.8 Å².